The summed E-state index contributed by atoms with van der Waals surface area (Å²) in [4.78, 5) is 4.05. The molecular formula is C9H12ClNO2. The second-order valence-corrected chi connectivity index (χ2v) is 3.15. The molecule has 0 bridgehead atoms. The molecule has 1 heterocycles. The molecule has 3 nitrogen and oxygen atoms in total. The van der Waals surface area contributed by atoms with Gasteiger partial charge in [-0.1, -0.05) is 11.6 Å². The Morgan fingerprint density at radius 3 is 3.08 bits per heavy atom. The Hall–Kier alpha value is -0.640. The van der Waals surface area contributed by atoms with E-state index in [1.54, 1.807) is 25.4 Å². The van der Waals surface area contributed by atoms with Crippen molar-refractivity contribution in [3.63, 3.8) is 0 Å². The van der Waals surface area contributed by atoms with E-state index in [-0.39, 0.29) is 0 Å². The van der Waals surface area contributed by atoms with Gasteiger partial charge in [0.2, 0.25) is 0 Å². The van der Waals surface area contributed by atoms with Crippen molar-refractivity contribution in [1.82, 2.24) is 4.98 Å². The molecule has 1 aromatic rings. The third-order valence-electron chi connectivity index (χ3n) is 1.62. The molecule has 0 fully saturated rings. The predicted octanol–water partition coefficient (Wildman–Crippen LogP) is 1.28. The molecule has 1 unspecified atom stereocenters. The lowest BCUT2D eigenvalue weighted by Gasteiger charge is -2.09. The summed E-state index contributed by atoms with van der Waals surface area (Å²) in [7, 11) is 1.54. The maximum absolute atomic E-state index is 9.40. The number of aliphatic hydroxyl groups excluding tert-OH is 1. The zero-order chi connectivity index (χ0) is 9.68. The van der Waals surface area contributed by atoms with Crippen molar-refractivity contribution < 1.29 is 9.84 Å². The minimum absolute atomic E-state index is 0.299. The number of aliphatic hydroxyl groups is 1. The van der Waals surface area contributed by atoms with Gasteiger partial charge in [-0.25, -0.2) is 0 Å². The van der Waals surface area contributed by atoms with E-state index in [2.05, 4.69) is 4.98 Å². The van der Waals surface area contributed by atoms with E-state index in [4.69, 9.17) is 16.3 Å². The fraction of sp³-hybridized carbons (Fsp3) is 0.444. The van der Waals surface area contributed by atoms with E-state index in [0.717, 1.165) is 0 Å². The van der Waals surface area contributed by atoms with Crippen molar-refractivity contribution in [2.45, 2.75) is 12.5 Å². The summed E-state index contributed by atoms with van der Waals surface area (Å²) in [6, 6.07) is 3.51. The highest BCUT2D eigenvalue weighted by atomic mass is 35.5. The molecule has 1 N–H and O–H groups in total. The fourth-order valence-corrected chi connectivity index (χ4v) is 1.24. The molecular weight excluding hydrogens is 190 g/mol. The van der Waals surface area contributed by atoms with Crippen molar-refractivity contribution >= 4 is 11.6 Å². The number of ether oxygens (including phenoxy) is 1. The first-order chi connectivity index (χ1) is 6.24. The molecule has 1 aromatic heterocycles. The van der Waals surface area contributed by atoms with Crippen LogP contribution in [-0.4, -0.2) is 29.9 Å². The van der Waals surface area contributed by atoms with Gasteiger partial charge in [-0.15, -0.1) is 0 Å². The highest BCUT2D eigenvalue weighted by Gasteiger charge is 2.08. The summed E-state index contributed by atoms with van der Waals surface area (Å²) in [6.45, 7) is 0.299. The number of nitrogens with zero attached hydrogens (tertiary/aromatic N) is 1. The molecule has 1 atom stereocenters. The monoisotopic (exact) mass is 201 g/mol. The molecule has 0 radical (unpaired) electrons. The average molecular weight is 202 g/mol. The maximum atomic E-state index is 9.40. The lowest BCUT2D eigenvalue weighted by atomic mass is 10.2. The zero-order valence-electron chi connectivity index (χ0n) is 7.40. The van der Waals surface area contributed by atoms with Gasteiger partial charge >= 0.3 is 0 Å². The first kappa shape index (κ1) is 10.4. The number of methoxy groups -OCH3 is 1. The molecule has 0 saturated carbocycles. The highest BCUT2D eigenvalue weighted by Crippen LogP contribution is 2.13. The fourth-order valence-electron chi connectivity index (χ4n) is 1.04. The maximum Gasteiger partial charge on any atom is 0.0829 e. The van der Waals surface area contributed by atoms with Crippen LogP contribution in [0.1, 0.15) is 5.69 Å². The van der Waals surface area contributed by atoms with Crippen LogP contribution in [0.4, 0.5) is 0 Å². The molecule has 0 aliphatic carbocycles. The number of halogens is 1. The molecule has 1 rings (SSSR count). The Kier molecular flexibility index (Phi) is 4.15. The van der Waals surface area contributed by atoms with Crippen LogP contribution in [-0.2, 0) is 11.2 Å². The van der Waals surface area contributed by atoms with Crippen molar-refractivity contribution in [3.8, 4) is 0 Å². The van der Waals surface area contributed by atoms with Crippen LogP contribution in [0.3, 0.4) is 0 Å². The third kappa shape index (κ3) is 3.30. The largest absolute Gasteiger partial charge is 0.390 e. The molecule has 0 saturated heterocycles. The van der Waals surface area contributed by atoms with Crippen molar-refractivity contribution in [2.24, 2.45) is 0 Å². The lowest BCUT2D eigenvalue weighted by molar-refractivity contribution is 0.0644. The van der Waals surface area contributed by atoms with E-state index >= 15 is 0 Å². The lowest BCUT2D eigenvalue weighted by Crippen LogP contribution is -2.17. The Bertz CT molecular complexity index is 268. The van der Waals surface area contributed by atoms with Crippen molar-refractivity contribution in [2.75, 3.05) is 13.7 Å². The van der Waals surface area contributed by atoms with E-state index in [9.17, 15) is 5.11 Å². The summed E-state index contributed by atoms with van der Waals surface area (Å²) in [5.41, 5.74) is 0.703. The van der Waals surface area contributed by atoms with Crippen molar-refractivity contribution in [1.29, 1.82) is 0 Å². The van der Waals surface area contributed by atoms with Crippen molar-refractivity contribution in [3.05, 3.63) is 29.0 Å². The highest BCUT2D eigenvalue weighted by molar-refractivity contribution is 6.31. The second kappa shape index (κ2) is 5.17. The first-order valence-electron chi connectivity index (χ1n) is 4.00. The minimum atomic E-state index is -0.544. The molecule has 4 heteroatoms. The average Bonchev–Trinajstić information content (AvgIpc) is 2.09. The van der Waals surface area contributed by atoms with Gasteiger partial charge < -0.3 is 9.84 Å². The Morgan fingerprint density at radius 1 is 1.69 bits per heavy atom. The van der Waals surface area contributed by atoms with Crippen LogP contribution < -0.4 is 0 Å². The van der Waals surface area contributed by atoms with Gasteiger partial charge in [0.1, 0.15) is 0 Å². The predicted molar refractivity (Wildman–Crippen MR) is 50.8 cm³/mol. The van der Waals surface area contributed by atoms with Crippen LogP contribution in [0.15, 0.2) is 18.3 Å². The van der Waals surface area contributed by atoms with Crippen LogP contribution >= 0.6 is 11.6 Å². The van der Waals surface area contributed by atoms with E-state index in [0.29, 0.717) is 23.7 Å². The normalized spacial score (nSPS) is 12.8. The standard InChI is InChI=1S/C9H12ClNO2/c1-13-6-7(12)5-9-8(10)3-2-4-11-9/h2-4,7,12H,5-6H2,1H3. The SMILES string of the molecule is COCC(O)Cc1ncccc1Cl. The van der Waals surface area contributed by atoms with Gasteiger partial charge in [0.15, 0.2) is 0 Å². The zero-order valence-corrected chi connectivity index (χ0v) is 8.16. The number of rotatable bonds is 4. The second-order valence-electron chi connectivity index (χ2n) is 2.75. The molecule has 0 amide bonds. The van der Waals surface area contributed by atoms with Gasteiger partial charge in [-0.3, -0.25) is 4.98 Å². The van der Waals surface area contributed by atoms with Crippen LogP contribution in [0.5, 0.6) is 0 Å². The minimum Gasteiger partial charge on any atom is -0.390 e. The molecule has 0 aliphatic rings. The van der Waals surface area contributed by atoms with Gasteiger partial charge in [0.05, 0.1) is 23.4 Å². The molecule has 0 aromatic carbocycles. The van der Waals surface area contributed by atoms with Gasteiger partial charge in [0.25, 0.3) is 0 Å². The van der Waals surface area contributed by atoms with E-state index < -0.39 is 6.10 Å². The summed E-state index contributed by atoms with van der Waals surface area (Å²) >= 11 is 5.85. The molecule has 13 heavy (non-hydrogen) atoms. The Morgan fingerprint density at radius 2 is 2.46 bits per heavy atom. The number of hydrogen-bond donors (Lipinski definition) is 1. The summed E-state index contributed by atoms with van der Waals surface area (Å²) in [6.07, 6.45) is 1.53. The summed E-state index contributed by atoms with van der Waals surface area (Å²) in [5, 5.41) is 9.98. The number of aromatic nitrogens is 1. The first-order valence-corrected chi connectivity index (χ1v) is 4.38. The van der Waals surface area contributed by atoms with Crippen LogP contribution in [0.25, 0.3) is 0 Å². The van der Waals surface area contributed by atoms with Gasteiger partial charge in [0, 0.05) is 19.7 Å². The van der Waals surface area contributed by atoms with Crippen LogP contribution in [0, 0.1) is 0 Å². The van der Waals surface area contributed by atoms with E-state index in [1.807, 2.05) is 0 Å². The topological polar surface area (TPSA) is 42.4 Å². The quantitative estimate of drug-likeness (QED) is 0.798. The van der Waals surface area contributed by atoms with Gasteiger partial charge in [-0.2, -0.15) is 0 Å². The molecule has 0 aliphatic heterocycles. The van der Waals surface area contributed by atoms with E-state index in [1.165, 1.54) is 0 Å². The smallest absolute Gasteiger partial charge is 0.0829 e. The summed E-state index contributed by atoms with van der Waals surface area (Å²) in [5.74, 6) is 0. The number of pyridine rings is 1. The number of hydrogen-bond acceptors (Lipinski definition) is 3. The molecule has 72 valence electrons. The van der Waals surface area contributed by atoms with Gasteiger partial charge in [-0.05, 0) is 12.1 Å². The summed E-state index contributed by atoms with van der Waals surface area (Å²) < 4.78 is 4.79. The van der Waals surface area contributed by atoms with Crippen LogP contribution in [0.2, 0.25) is 5.02 Å². The Balaban J connectivity index is 2.58. The Labute approximate surface area is 82.3 Å². The third-order valence-corrected chi connectivity index (χ3v) is 1.97. The molecule has 0 spiro atoms.